The molecule has 25 heavy (non-hydrogen) atoms. The lowest BCUT2D eigenvalue weighted by molar-refractivity contribution is -0.122. The van der Waals surface area contributed by atoms with E-state index in [9.17, 15) is 9.59 Å². The average Bonchev–Trinajstić information content (AvgIpc) is 3.24. The van der Waals surface area contributed by atoms with E-state index in [-0.39, 0.29) is 24.1 Å². The monoisotopic (exact) mass is 340 g/mol. The Morgan fingerprint density at radius 3 is 3.00 bits per heavy atom. The molecule has 130 valence electrons. The zero-order valence-corrected chi connectivity index (χ0v) is 14.1. The van der Waals surface area contributed by atoms with Crippen molar-refractivity contribution in [2.24, 2.45) is 7.05 Å². The number of fused-ring (bicyclic) bond motifs is 3. The molecule has 3 aromatic rings. The second-order valence-corrected chi connectivity index (χ2v) is 6.38. The van der Waals surface area contributed by atoms with Gasteiger partial charge in [0.05, 0.1) is 12.3 Å². The molecule has 0 unspecified atom stereocenters. The van der Waals surface area contributed by atoms with Gasteiger partial charge in [0.25, 0.3) is 5.56 Å². The quantitative estimate of drug-likeness (QED) is 0.774. The van der Waals surface area contributed by atoms with Crippen LogP contribution in [0.25, 0.3) is 21.8 Å². The van der Waals surface area contributed by atoms with E-state index in [0.717, 1.165) is 35.7 Å². The van der Waals surface area contributed by atoms with E-state index in [1.54, 1.807) is 17.8 Å². The lowest BCUT2D eigenvalue weighted by atomic mass is 10.2. The molecule has 0 bridgehead atoms. The van der Waals surface area contributed by atoms with Gasteiger partial charge in [-0.3, -0.25) is 9.59 Å². The molecular formula is C18H20N4O3. The molecule has 1 amide bonds. The van der Waals surface area contributed by atoms with Crippen molar-refractivity contribution >= 4 is 27.7 Å². The molecule has 1 aliphatic rings. The Hall–Kier alpha value is -2.67. The molecule has 3 heterocycles. The van der Waals surface area contributed by atoms with Crippen LogP contribution < -0.4 is 10.9 Å². The molecule has 0 spiro atoms. The van der Waals surface area contributed by atoms with Crippen molar-refractivity contribution < 1.29 is 9.53 Å². The summed E-state index contributed by atoms with van der Waals surface area (Å²) in [4.78, 5) is 25.0. The molecule has 4 rings (SSSR count). The molecule has 1 N–H and O–H groups in total. The Labute approximate surface area is 144 Å². The zero-order chi connectivity index (χ0) is 17.4. The van der Waals surface area contributed by atoms with E-state index in [0.29, 0.717) is 12.1 Å². The van der Waals surface area contributed by atoms with Gasteiger partial charge in [-0.05, 0) is 18.9 Å². The van der Waals surface area contributed by atoms with Gasteiger partial charge < -0.3 is 14.6 Å². The van der Waals surface area contributed by atoms with Crippen LogP contribution in [-0.4, -0.2) is 39.5 Å². The molecule has 0 radical (unpaired) electrons. The van der Waals surface area contributed by atoms with E-state index in [1.165, 1.54) is 4.68 Å². The molecule has 7 heteroatoms. The highest BCUT2D eigenvalue weighted by atomic mass is 16.5. The van der Waals surface area contributed by atoms with Crippen LogP contribution in [0.3, 0.4) is 0 Å². The van der Waals surface area contributed by atoms with Crippen LogP contribution in [0.2, 0.25) is 0 Å². The maximum absolute atomic E-state index is 12.6. The van der Waals surface area contributed by atoms with Crippen molar-refractivity contribution in [3.8, 4) is 0 Å². The summed E-state index contributed by atoms with van der Waals surface area (Å²) < 4.78 is 8.60. The summed E-state index contributed by atoms with van der Waals surface area (Å²) in [6.45, 7) is 1.36. The highest BCUT2D eigenvalue weighted by molar-refractivity contribution is 6.07. The van der Waals surface area contributed by atoms with E-state index in [2.05, 4.69) is 10.4 Å². The van der Waals surface area contributed by atoms with E-state index in [1.807, 2.05) is 24.3 Å². The molecule has 1 aliphatic heterocycles. The summed E-state index contributed by atoms with van der Waals surface area (Å²) in [6.07, 6.45) is 3.79. The number of aromatic nitrogens is 3. The molecule has 0 saturated carbocycles. The second kappa shape index (κ2) is 6.33. The molecule has 2 aromatic heterocycles. The first-order valence-electron chi connectivity index (χ1n) is 8.46. The second-order valence-electron chi connectivity index (χ2n) is 6.38. The third kappa shape index (κ3) is 2.80. The van der Waals surface area contributed by atoms with E-state index in [4.69, 9.17) is 4.74 Å². The normalized spacial score (nSPS) is 17.4. The fourth-order valence-corrected chi connectivity index (χ4v) is 3.44. The van der Waals surface area contributed by atoms with Gasteiger partial charge in [-0.25, -0.2) is 4.68 Å². The van der Waals surface area contributed by atoms with Gasteiger partial charge in [0.15, 0.2) is 0 Å². The van der Waals surface area contributed by atoms with Crippen LogP contribution in [0.5, 0.6) is 0 Å². The minimum absolute atomic E-state index is 0.0932. The lowest BCUT2D eigenvalue weighted by Gasteiger charge is -2.12. The van der Waals surface area contributed by atoms with Crippen LogP contribution in [0.4, 0.5) is 0 Å². The number of hydrogen-bond acceptors (Lipinski definition) is 4. The van der Waals surface area contributed by atoms with Gasteiger partial charge in [-0.1, -0.05) is 18.2 Å². The number of rotatable bonds is 4. The van der Waals surface area contributed by atoms with Crippen LogP contribution in [0, 0.1) is 0 Å². The highest BCUT2D eigenvalue weighted by Crippen LogP contribution is 2.26. The highest BCUT2D eigenvalue weighted by Gasteiger charge is 2.19. The first-order chi connectivity index (χ1) is 12.1. The smallest absolute Gasteiger partial charge is 0.291 e. The van der Waals surface area contributed by atoms with Crippen molar-refractivity contribution in [1.29, 1.82) is 0 Å². The maximum atomic E-state index is 12.6. The predicted octanol–water partition coefficient (Wildman–Crippen LogP) is 1.18. The van der Waals surface area contributed by atoms with Gasteiger partial charge in [-0.15, -0.1) is 0 Å². The van der Waals surface area contributed by atoms with Crippen molar-refractivity contribution in [2.75, 3.05) is 13.2 Å². The van der Waals surface area contributed by atoms with Gasteiger partial charge in [0.1, 0.15) is 12.1 Å². The molecule has 0 aliphatic carbocycles. The molecule has 1 atom stereocenters. The number of amides is 1. The van der Waals surface area contributed by atoms with Gasteiger partial charge in [0.2, 0.25) is 5.91 Å². The van der Waals surface area contributed by atoms with Crippen molar-refractivity contribution in [3.05, 3.63) is 40.8 Å². The van der Waals surface area contributed by atoms with Crippen molar-refractivity contribution in [3.63, 3.8) is 0 Å². The first kappa shape index (κ1) is 15.8. The number of hydrogen-bond donors (Lipinski definition) is 1. The number of ether oxygens (including phenoxy) is 1. The Bertz CT molecular complexity index is 999. The molecule has 1 saturated heterocycles. The van der Waals surface area contributed by atoms with Crippen LogP contribution in [0.15, 0.2) is 35.3 Å². The third-order valence-electron chi connectivity index (χ3n) is 4.72. The summed E-state index contributed by atoms with van der Waals surface area (Å²) in [5.74, 6) is -0.128. The minimum atomic E-state index is -0.208. The summed E-state index contributed by atoms with van der Waals surface area (Å²) >= 11 is 0. The van der Waals surface area contributed by atoms with Crippen LogP contribution in [0.1, 0.15) is 12.8 Å². The van der Waals surface area contributed by atoms with E-state index >= 15 is 0 Å². The number of nitrogens with zero attached hydrogens (tertiary/aromatic N) is 3. The number of para-hydroxylation sites is 1. The number of carbonyl (C=O) groups excluding carboxylic acids is 1. The van der Waals surface area contributed by atoms with E-state index < -0.39 is 0 Å². The van der Waals surface area contributed by atoms with Crippen LogP contribution in [-0.2, 0) is 23.1 Å². The third-order valence-corrected chi connectivity index (χ3v) is 4.72. The van der Waals surface area contributed by atoms with Crippen LogP contribution >= 0.6 is 0 Å². The first-order valence-corrected chi connectivity index (χ1v) is 8.46. The Morgan fingerprint density at radius 1 is 1.36 bits per heavy atom. The summed E-state index contributed by atoms with van der Waals surface area (Å²) in [7, 11) is 1.61. The minimum Gasteiger partial charge on any atom is -0.376 e. The molecule has 7 nitrogen and oxygen atoms in total. The number of carbonyl (C=O) groups is 1. The molecule has 1 aromatic carbocycles. The topological polar surface area (TPSA) is 78.2 Å². The predicted molar refractivity (Wildman–Crippen MR) is 94.5 cm³/mol. The Morgan fingerprint density at radius 2 is 2.20 bits per heavy atom. The Balaban J connectivity index is 1.70. The fourth-order valence-electron chi connectivity index (χ4n) is 3.44. The summed E-state index contributed by atoms with van der Waals surface area (Å²) in [5.41, 5.74) is 1.15. The van der Waals surface area contributed by atoms with Crippen molar-refractivity contribution in [2.45, 2.75) is 25.5 Å². The zero-order valence-electron chi connectivity index (χ0n) is 14.1. The van der Waals surface area contributed by atoms with Gasteiger partial charge in [-0.2, -0.15) is 5.10 Å². The van der Waals surface area contributed by atoms with Gasteiger partial charge >= 0.3 is 0 Å². The fraction of sp³-hybridized carbons (Fsp3) is 0.389. The SMILES string of the molecule is Cn1ncc2c3ccccc3n(CC(=O)NC[C@@H]3CCCO3)c2c1=O. The lowest BCUT2D eigenvalue weighted by Crippen LogP contribution is -2.34. The number of nitrogens with one attached hydrogen (secondary N) is 1. The standard InChI is InChI=1S/C18H20N4O3/c1-21-18(24)17-14(10-20-21)13-6-2-3-7-15(13)22(17)11-16(23)19-9-12-5-4-8-25-12/h2-3,6-7,10,12H,4-5,8-9,11H2,1H3,(H,19,23)/t12-/m0/s1. The Kier molecular flexibility index (Phi) is 4.01. The summed E-state index contributed by atoms with van der Waals surface area (Å²) in [6, 6.07) is 7.68. The maximum Gasteiger partial charge on any atom is 0.291 e. The number of aryl methyl sites for hydroxylation is 1. The molecule has 1 fully saturated rings. The van der Waals surface area contributed by atoms with Gasteiger partial charge in [0, 0.05) is 36.5 Å². The molecular weight excluding hydrogens is 320 g/mol. The van der Waals surface area contributed by atoms with Crippen molar-refractivity contribution in [1.82, 2.24) is 19.7 Å². The number of benzene rings is 1. The average molecular weight is 340 g/mol. The summed E-state index contributed by atoms with van der Waals surface area (Å²) in [5, 5.41) is 8.72. The largest absolute Gasteiger partial charge is 0.376 e.